The van der Waals surface area contributed by atoms with Gasteiger partial charge >= 0.3 is 0 Å². The van der Waals surface area contributed by atoms with E-state index in [9.17, 15) is 4.79 Å². The second-order valence-electron chi connectivity index (χ2n) is 5.20. The summed E-state index contributed by atoms with van der Waals surface area (Å²) in [4.78, 5) is 18.4. The number of imidazole rings is 1. The van der Waals surface area contributed by atoms with Crippen LogP contribution in [-0.4, -0.2) is 34.0 Å². The van der Waals surface area contributed by atoms with Gasteiger partial charge < -0.3 is 15.2 Å². The number of aromatic nitrogens is 2. The molecule has 0 bridgehead atoms. The third-order valence-electron chi connectivity index (χ3n) is 3.71. The molecule has 1 aromatic heterocycles. The molecule has 0 atom stereocenters. The van der Waals surface area contributed by atoms with Crippen LogP contribution in [0.1, 0.15) is 10.4 Å². The van der Waals surface area contributed by atoms with Crippen LogP contribution in [0.4, 0.5) is 5.95 Å². The Morgan fingerprint density at radius 3 is 2.59 bits per heavy atom. The summed E-state index contributed by atoms with van der Waals surface area (Å²) in [5, 5.41) is 0. The van der Waals surface area contributed by atoms with Crippen molar-refractivity contribution in [1.29, 1.82) is 0 Å². The minimum Gasteiger partial charge on any atom is -0.369 e. The molecule has 22 heavy (non-hydrogen) atoms. The van der Waals surface area contributed by atoms with Crippen molar-refractivity contribution in [3.8, 4) is 0 Å². The molecule has 112 valence electrons. The monoisotopic (exact) mass is 294 g/mol. The number of hydrogen-bond acceptors (Lipinski definition) is 3. The van der Waals surface area contributed by atoms with E-state index >= 15 is 0 Å². The Morgan fingerprint density at radius 2 is 1.82 bits per heavy atom. The minimum atomic E-state index is 0.00333. The lowest BCUT2D eigenvalue weighted by Gasteiger charge is -2.18. The molecule has 1 heterocycles. The molecule has 0 unspecified atom stereocenters. The fraction of sp³-hybridized carbons (Fsp3) is 0.176. The van der Waals surface area contributed by atoms with E-state index in [1.54, 1.807) is 11.9 Å². The van der Waals surface area contributed by atoms with Crippen LogP contribution in [0.25, 0.3) is 11.0 Å². The number of para-hydroxylation sites is 2. The Balaban J connectivity index is 1.74. The van der Waals surface area contributed by atoms with Crippen LogP contribution in [0, 0.1) is 0 Å². The summed E-state index contributed by atoms with van der Waals surface area (Å²) in [6.07, 6.45) is 0. The Morgan fingerprint density at radius 1 is 1.14 bits per heavy atom. The molecule has 0 fully saturated rings. The second kappa shape index (κ2) is 5.89. The first-order valence-electron chi connectivity index (χ1n) is 7.18. The van der Waals surface area contributed by atoms with Crippen LogP contribution < -0.4 is 5.73 Å². The van der Waals surface area contributed by atoms with Gasteiger partial charge in [0.1, 0.15) is 0 Å². The predicted octanol–water partition coefficient (Wildman–Crippen LogP) is 2.39. The van der Waals surface area contributed by atoms with E-state index < -0.39 is 0 Å². The van der Waals surface area contributed by atoms with Gasteiger partial charge in [-0.05, 0) is 24.3 Å². The summed E-state index contributed by atoms with van der Waals surface area (Å²) in [7, 11) is 1.80. The van der Waals surface area contributed by atoms with Crippen molar-refractivity contribution >= 4 is 22.9 Å². The topological polar surface area (TPSA) is 64.2 Å². The first-order chi connectivity index (χ1) is 10.7. The van der Waals surface area contributed by atoms with Crippen molar-refractivity contribution in [1.82, 2.24) is 14.5 Å². The summed E-state index contributed by atoms with van der Waals surface area (Å²) >= 11 is 0. The summed E-state index contributed by atoms with van der Waals surface area (Å²) in [6, 6.07) is 17.1. The highest BCUT2D eigenvalue weighted by Crippen LogP contribution is 2.17. The van der Waals surface area contributed by atoms with Gasteiger partial charge in [-0.3, -0.25) is 4.79 Å². The maximum Gasteiger partial charge on any atom is 0.253 e. The smallest absolute Gasteiger partial charge is 0.253 e. The zero-order valence-electron chi connectivity index (χ0n) is 12.4. The van der Waals surface area contributed by atoms with Gasteiger partial charge in [-0.25, -0.2) is 4.98 Å². The molecule has 0 aliphatic carbocycles. The maximum atomic E-state index is 12.3. The van der Waals surface area contributed by atoms with Gasteiger partial charge in [0.15, 0.2) is 0 Å². The molecule has 0 saturated heterocycles. The average molecular weight is 294 g/mol. The number of benzene rings is 2. The van der Waals surface area contributed by atoms with Gasteiger partial charge in [0.2, 0.25) is 5.95 Å². The van der Waals surface area contributed by atoms with Crippen molar-refractivity contribution in [3.63, 3.8) is 0 Å². The number of fused-ring (bicyclic) bond motifs is 1. The molecule has 0 radical (unpaired) electrons. The number of hydrogen-bond donors (Lipinski definition) is 1. The van der Waals surface area contributed by atoms with E-state index in [0.29, 0.717) is 24.6 Å². The molecule has 3 aromatic rings. The first kappa shape index (κ1) is 14.1. The van der Waals surface area contributed by atoms with E-state index in [1.807, 2.05) is 59.2 Å². The summed E-state index contributed by atoms with van der Waals surface area (Å²) in [5.74, 6) is 0.477. The molecule has 0 spiro atoms. The Labute approximate surface area is 129 Å². The number of nitrogen functional groups attached to an aromatic ring is 1. The Bertz CT molecular complexity index is 795. The van der Waals surface area contributed by atoms with Crippen LogP contribution in [0.15, 0.2) is 54.6 Å². The van der Waals surface area contributed by atoms with Gasteiger partial charge in [-0.2, -0.15) is 0 Å². The number of nitrogens with two attached hydrogens (primary N) is 1. The predicted molar refractivity (Wildman–Crippen MR) is 87.5 cm³/mol. The SMILES string of the molecule is CN(CCn1c(N)nc2ccccc21)C(=O)c1ccccc1. The molecule has 0 aliphatic rings. The third kappa shape index (κ3) is 2.65. The summed E-state index contributed by atoms with van der Waals surface area (Å²) in [6.45, 7) is 1.18. The van der Waals surface area contributed by atoms with Crippen molar-refractivity contribution in [2.45, 2.75) is 6.54 Å². The van der Waals surface area contributed by atoms with Gasteiger partial charge in [-0.15, -0.1) is 0 Å². The van der Waals surface area contributed by atoms with Crippen molar-refractivity contribution in [3.05, 3.63) is 60.2 Å². The number of amides is 1. The number of carbonyl (C=O) groups is 1. The molecular weight excluding hydrogens is 276 g/mol. The molecule has 5 nitrogen and oxygen atoms in total. The van der Waals surface area contributed by atoms with Gasteiger partial charge in [0.25, 0.3) is 5.91 Å². The largest absolute Gasteiger partial charge is 0.369 e. The second-order valence-corrected chi connectivity index (χ2v) is 5.20. The van der Waals surface area contributed by atoms with Crippen molar-refractivity contribution in [2.24, 2.45) is 0 Å². The number of rotatable bonds is 4. The zero-order valence-corrected chi connectivity index (χ0v) is 12.4. The minimum absolute atomic E-state index is 0.00333. The molecule has 1 amide bonds. The Kier molecular flexibility index (Phi) is 3.78. The molecule has 3 rings (SSSR count). The highest BCUT2D eigenvalue weighted by molar-refractivity contribution is 5.94. The fourth-order valence-electron chi connectivity index (χ4n) is 2.48. The highest BCUT2D eigenvalue weighted by Gasteiger charge is 2.13. The van der Waals surface area contributed by atoms with Crippen molar-refractivity contribution < 1.29 is 4.79 Å². The first-order valence-corrected chi connectivity index (χ1v) is 7.18. The number of nitrogens with zero attached hydrogens (tertiary/aromatic N) is 3. The van der Waals surface area contributed by atoms with Crippen LogP contribution >= 0.6 is 0 Å². The quantitative estimate of drug-likeness (QED) is 0.803. The van der Waals surface area contributed by atoms with Crippen LogP contribution in [0.2, 0.25) is 0 Å². The van der Waals surface area contributed by atoms with Crippen molar-refractivity contribution in [2.75, 3.05) is 19.3 Å². The average Bonchev–Trinajstić information content (AvgIpc) is 2.88. The maximum absolute atomic E-state index is 12.3. The molecule has 2 N–H and O–H groups in total. The zero-order chi connectivity index (χ0) is 15.5. The van der Waals surface area contributed by atoms with Crippen LogP contribution in [-0.2, 0) is 6.54 Å². The fourth-order valence-corrected chi connectivity index (χ4v) is 2.48. The molecule has 2 aromatic carbocycles. The molecule has 0 saturated carbocycles. The van der Waals surface area contributed by atoms with Gasteiger partial charge in [0, 0.05) is 25.7 Å². The lowest BCUT2D eigenvalue weighted by Crippen LogP contribution is -2.30. The lowest BCUT2D eigenvalue weighted by molar-refractivity contribution is 0.0791. The summed E-state index contributed by atoms with van der Waals surface area (Å²) in [5.41, 5.74) is 8.52. The third-order valence-corrected chi connectivity index (χ3v) is 3.71. The molecule has 0 aliphatic heterocycles. The van der Waals surface area contributed by atoms with E-state index in [1.165, 1.54) is 0 Å². The number of likely N-dealkylation sites (N-methyl/N-ethyl adjacent to an activating group) is 1. The van der Waals surface area contributed by atoms with Crippen LogP contribution in [0.5, 0.6) is 0 Å². The number of anilines is 1. The van der Waals surface area contributed by atoms with E-state index in [4.69, 9.17) is 5.73 Å². The van der Waals surface area contributed by atoms with E-state index in [2.05, 4.69) is 4.98 Å². The normalized spacial score (nSPS) is 10.8. The molecular formula is C17H18N4O. The Hall–Kier alpha value is -2.82. The lowest BCUT2D eigenvalue weighted by atomic mass is 10.2. The van der Waals surface area contributed by atoms with Gasteiger partial charge in [0.05, 0.1) is 11.0 Å². The van der Waals surface area contributed by atoms with Crippen LogP contribution in [0.3, 0.4) is 0 Å². The highest BCUT2D eigenvalue weighted by atomic mass is 16.2. The summed E-state index contributed by atoms with van der Waals surface area (Å²) < 4.78 is 1.93. The standard InChI is InChI=1S/C17H18N4O/c1-20(16(22)13-7-3-2-4-8-13)11-12-21-15-10-6-5-9-14(15)19-17(21)18/h2-10H,11-12H2,1H3,(H2,18,19). The number of carbonyl (C=O) groups excluding carboxylic acids is 1. The van der Waals surface area contributed by atoms with E-state index in [0.717, 1.165) is 11.0 Å². The van der Waals surface area contributed by atoms with E-state index in [-0.39, 0.29) is 5.91 Å². The molecule has 5 heteroatoms. The van der Waals surface area contributed by atoms with Gasteiger partial charge in [-0.1, -0.05) is 30.3 Å².